The van der Waals surface area contributed by atoms with E-state index in [4.69, 9.17) is 9.47 Å². The summed E-state index contributed by atoms with van der Waals surface area (Å²) in [5, 5.41) is 2.79. The molecule has 0 bridgehead atoms. The van der Waals surface area contributed by atoms with Crippen LogP contribution in [-0.2, 0) is 20.8 Å². The third-order valence-electron chi connectivity index (χ3n) is 3.89. The van der Waals surface area contributed by atoms with E-state index in [2.05, 4.69) is 5.32 Å². The number of ether oxygens (including phenoxy) is 2. The molecular weight excluding hydrogens is 300 g/mol. The first-order chi connectivity index (χ1) is 11.1. The monoisotopic (exact) mass is 318 g/mol. The van der Waals surface area contributed by atoms with E-state index in [-0.39, 0.29) is 50.3 Å². The third kappa shape index (κ3) is 3.61. The van der Waals surface area contributed by atoms with Crippen molar-refractivity contribution in [3.63, 3.8) is 0 Å². The van der Waals surface area contributed by atoms with Crippen LogP contribution >= 0.6 is 0 Å². The van der Waals surface area contributed by atoms with E-state index in [1.165, 1.54) is 0 Å². The number of hydrogen-bond acceptors (Lipinski definition) is 5. The number of benzene rings is 1. The van der Waals surface area contributed by atoms with Crippen LogP contribution in [-0.4, -0.2) is 42.5 Å². The number of hydrogen-bond donors (Lipinski definition) is 1. The topological polar surface area (TPSA) is 84.9 Å². The predicted octanol–water partition coefficient (Wildman–Crippen LogP) is 0.613. The third-order valence-corrected chi connectivity index (χ3v) is 3.89. The van der Waals surface area contributed by atoms with E-state index in [1.54, 1.807) is 0 Å². The highest BCUT2D eigenvalue weighted by atomic mass is 16.7. The molecule has 2 aliphatic rings. The summed E-state index contributed by atoms with van der Waals surface area (Å²) in [6, 6.07) is 5.68. The summed E-state index contributed by atoms with van der Waals surface area (Å²) < 4.78 is 10.5. The maximum Gasteiger partial charge on any atom is 0.231 e. The van der Waals surface area contributed by atoms with Gasteiger partial charge in [-0.2, -0.15) is 0 Å². The molecule has 122 valence electrons. The van der Waals surface area contributed by atoms with Crippen molar-refractivity contribution in [1.82, 2.24) is 10.2 Å². The standard InChI is InChI=1S/C16H18N2O5/c19-14(6-8-18-15(20)3-4-16(18)21)17-7-5-11-1-2-12-13(9-11)23-10-22-12/h1-2,9H,3-8,10H2,(H,17,19). The van der Waals surface area contributed by atoms with E-state index in [0.29, 0.717) is 13.0 Å². The average molecular weight is 318 g/mol. The van der Waals surface area contributed by atoms with Gasteiger partial charge in [-0.3, -0.25) is 19.3 Å². The number of carbonyl (C=O) groups excluding carboxylic acids is 3. The number of nitrogens with zero attached hydrogens (tertiary/aromatic N) is 1. The van der Waals surface area contributed by atoms with Crippen LogP contribution in [0.4, 0.5) is 0 Å². The van der Waals surface area contributed by atoms with E-state index < -0.39 is 0 Å². The number of likely N-dealkylation sites (tertiary alicyclic amines) is 1. The van der Waals surface area contributed by atoms with Crippen LogP contribution in [0.5, 0.6) is 11.5 Å². The van der Waals surface area contributed by atoms with Crippen molar-refractivity contribution in [3.8, 4) is 11.5 Å². The Bertz CT molecular complexity index is 627. The van der Waals surface area contributed by atoms with E-state index >= 15 is 0 Å². The Hall–Kier alpha value is -2.57. The number of fused-ring (bicyclic) bond motifs is 1. The summed E-state index contributed by atoms with van der Waals surface area (Å²) in [4.78, 5) is 35.8. The molecule has 7 nitrogen and oxygen atoms in total. The fourth-order valence-electron chi connectivity index (χ4n) is 2.62. The number of amides is 3. The first-order valence-corrected chi connectivity index (χ1v) is 7.62. The molecule has 2 heterocycles. The van der Waals surface area contributed by atoms with Crippen LogP contribution < -0.4 is 14.8 Å². The normalized spacial score (nSPS) is 16.1. The molecule has 1 aromatic carbocycles. The molecule has 1 aromatic rings. The van der Waals surface area contributed by atoms with Crippen molar-refractivity contribution in [2.24, 2.45) is 0 Å². The van der Waals surface area contributed by atoms with Crippen molar-refractivity contribution in [2.75, 3.05) is 19.9 Å². The van der Waals surface area contributed by atoms with Gasteiger partial charge in [0.15, 0.2) is 11.5 Å². The Morgan fingerprint density at radius 2 is 1.87 bits per heavy atom. The first-order valence-electron chi connectivity index (χ1n) is 7.62. The highest BCUT2D eigenvalue weighted by Crippen LogP contribution is 2.32. The largest absolute Gasteiger partial charge is 0.454 e. The van der Waals surface area contributed by atoms with Crippen molar-refractivity contribution >= 4 is 17.7 Å². The average Bonchev–Trinajstić information content (AvgIpc) is 3.12. The number of carbonyl (C=O) groups is 3. The van der Waals surface area contributed by atoms with Gasteiger partial charge in [0.1, 0.15) is 0 Å². The SMILES string of the molecule is O=C(CCN1C(=O)CCC1=O)NCCc1ccc2c(c1)OCO2. The Morgan fingerprint density at radius 3 is 2.65 bits per heavy atom. The molecule has 1 N–H and O–H groups in total. The summed E-state index contributed by atoms with van der Waals surface area (Å²) in [7, 11) is 0. The lowest BCUT2D eigenvalue weighted by atomic mass is 10.1. The summed E-state index contributed by atoms with van der Waals surface area (Å²) in [6.07, 6.45) is 1.32. The van der Waals surface area contributed by atoms with Gasteiger partial charge in [0.2, 0.25) is 24.5 Å². The first kappa shape index (κ1) is 15.3. The Kier molecular flexibility index (Phi) is 4.45. The lowest BCUT2D eigenvalue weighted by Gasteiger charge is -2.13. The Labute approximate surface area is 133 Å². The van der Waals surface area contributed by atoms with Crippen LogP contribution in [0, 0.1) is 0 Å². The molecule has 23 heavy (non-hydrogen) atoms. The van der Waals surface area contributed by atoms with Gasteiger partial charge in [0.05, 0.1) is 0 Å². The van der Waals surface area contributed by atoms with Gasteiger partial charge in [0.25, 0.3) is 0 Å². The maximum atomic E-state index is 11.8. The highest BCUT2D eigenvalue weighted by Gasteiger charge is 2.28. The molecule has 0 aromatic heterocycles. The molecule has 1 fully saturated rings. The van der Waals surface area contributed by atoms with E-state index in [9.17, 15) is 14.4 Å². The summed E-state index contributed by atoms with van der Waals surface area (Å²) in [5.74, 6) is 0.905. The smallest absolute Gasteiger partial charge is 0.231 e. The fourth-order valence-corrected chi connectivity index (χ4v) is 2.62. The van der Waals surface area contributed by atoms with Crippen molar-refractivity contribution in [3.05, 3.63) is 23.8 Å². The molecule has 0 unspecified atom stereocenters. The van der Waals surface area contributed by atoms with Crippen molar-refractivity contribution in [2.45, 2.75) is 25.7 Å². The number of nitrogens with one attached hydrogen (secondary N) is 1. The zero-order chi connectivity index (χ0) is 16.2. The molecule has 1 saturated heterocycles. The minimum Gasteiger partial charge on any atom is -0.454 e. The van der Waals surface area contributed by atoms with Crippen molar-refractivity contribution in [1.29, 1.82) is 0 Å². The summed E-state index contributed by atoms with van der Waals surface area (Å²) in [5.41, 5.74) is 1.04. The van der Waals surface area contributed by atoms with Crippen molar-refractivity contribution < 1.29 is 23.9 Å². The number of imide groups is 1. The number of rotatable bonds is 6. The fraction of sp³-hybridized carbons (Fsp3) is 0.438. The van der Waals surface area contributed by atoms with E-state index in [1.807, 2.05) is 18.2 Å². The van der Waals surface area contributed by atoms with Gasteiger partial charge in [0, 0.05) is 32.4 Å². The minimum atomic E-state index is -0.192. The molecule has 0 radical (unpaired) electrons. The lowest BCUT2D eigenvalue weighted by molar-refractivity contribution is -0.138. The van der Waals surface area contributed by atoms with Gasteiger partial charge in [-0.1, -0.05) is 6.07 Å². The molecule has 3 amide bonds. The highest BCUT2D eigenvalue weighted by molar-refractivity contribution is 6.02. The predicted molar refractivity (Wildman–Crippen MR) is 79.8 cm³/mol. The van der Waals surface area contributed by atoms with Gasteiger partial charge in [-0.25, -0.2) is 0 Å². The van der Waals surface area contributed by atoms with Gasteiger partial charge >= 0.3 is 0 Å². The second kappa shape index (κ2) is 6.68. The Balaban J connectivity index is 1.39. The molecule has 0 aliphatic carbocycles. The van der Waals surface area contributed by atoms with Crippen LogP contribution in [0.1, 0.15) is 24.8 Å². The van der Waals surface area contributed by atoms with E-state index in [0.717, 1.165) is 22.0 Å². The Morgan fingerprint density at radius 1 is 1.13 bits per heavy atom. The molecular formula is C16H18N2O5. The second-order valence-corrected chi connectivity index (χ2v) is 5.48. The van der Waals surface area contributed by atoms with Crippen LogP contribution in [0.2, 0.25) is 0 Å². The lowest BCUT2D eigenvalue weighted by Crippen LogP contribution is -2.34. The summed E-state index contributed by atoms with van der Waals surface area (Å²) in [6.45, 7) is 0.886. The summed E-state index contributed by atoms with van der Waals surface area (Å²) >= 11 is 0. The second-order valence-electron chi connectivity index (χ2n) is 5.48. The van der Waals surface area contributed by atoms with Crippen LogP contribution in [0.15, 0.2) is 18.2 Å². The van der Waals surface area contributed by atoms with Crippen LogP contribution in [0.3, 0.4) is 0 Å². The molecule has 0 spiro atoms. The van der Waals surface area contributed by atoms with Crippen LogP contribution in [0.25, 0.3) is 0 Å². The quantitative estimate of drug-likeness (QED) is 0.777. The zero-order valence-electron chi connectivity index (χ0n) is 12.7. The van der Waals surface area contributed by atoms with Gasteiger partial charge < -0.3 is 14.8 Å². The molecule has 0 saturated carbocycles. The molecule has 7 heteroatoms. The molecule has 0 atom stereocenters. The molecule has 2 aliphatic heterocycles. The van der Waals surface area contributed by atoms with Gasteiger partial charge in [-0.15, -0.1) is 0 Å². The minimum absolute atomic E-state index is 0.138. The zero-order valence-corrected chi connectivity index (χ0v) is 12.7. The molecule has 3 rings (SSSR count). The maximum absolute atomic E-state index is 11.8. The van der Waals surface area contributed by atoms with Gasteiger partial charge in [-0.05, 0) is 24.1 Å².